The first-order chi connectivity index (χ1) is 12.7. The molecule has 1 amide bonds. The summed E-state index contributed by atoms with van der Waals surface area (Å²) in [5.41, 5.74) is 2.09. The van der Waals surface area contributed by atoms with Crippen molar-refractivity contribution < 1.29 is 18.4 Å². The van der Waals surface area contributed by atoms with E-state index in [1.807, 2.05) is 18.2 Å². The molecule has 0 radical (unpaired) electrons. The standard InChI is InChI=1S/C19H14FN3O3/c20-10-4-5-15-12(7-10)16-17(18(16)25-15)19(24)22-9-11-8-14(23-26-11)13-3-1-2-6-21-13/h1-8,16-18H,9H2,(H,22,24). The lowest BCUT2D eigenvalue weighted by Crippen LogP contribution is -2.27. The van der Waals surface area contributed by atoms with E-state index < -0.39 is 0 Å². The van der Waals surface area contributed by atoms with E-state index in [4.69, 9.17) is 9.26 Å². The molecular formula is C19H14FN3O3. The quantitative estimate of drug-likeness (QED) is 0.782. The van der Waals surface area contributed by atoms with Gasteiger partial charge in [0.15, 0.2) is 5.76 Å². The maximum Gasteiger partial charge on any atom is 0.228 e. The van der Waals surface area contributed by atoms with Crippen molar-refractivity contribution in [2.75, 3.05) is 0 Å². The van der Waals surface area contributed by atoms with E-state index in [-0.39, 0.29) is 36.2 Å². The highest BCUT2D eigenvalue weighted by Crippen LogP contribution is 2.58. The largest absolute Gasteiger partial charge is 0.489 e. The second-order valence-electron chi connectivity index (χ2n) is 6.43. The lowest BCUT2D eigenvalue weighted by molar-refractivity contribution is -0.123. The summed E-state index contributed by atoms with van der Waals surface area (Å²) in [4.78, 5) is 16.6. The van der Waals surface area contributed by atoms with Crippen LogP contribution >= 0.6 is 0 Å². The summed E-state index contributed by atoms with van der Waals surface area (Å²) in [5.74, 6) is 0.397. The number of halogens is 1. The second kappa shape index (κ2) is 5.66. The molecule has 1 N–H and O–H groups in total. The predicted molar refractivity (Wildman–Crippen MR) is 88.6 cm³/mol. The summed E-state index contributed by atoms with van der Waals surface area (Å²) in [6.07, 6.45) is 1.48. The molecule has 3 aromatic rings. The maximum absolute atomic E-state index is 13.4. The van der Waals surface area contributed by atoms with E-state index in [9.17, 15) is 9.18 Å². The van der Waals surface area contributed by atoms with Crippen LogP contribution in [0.1, 0.15) is 17.2 Å². The molecule has 0 bridgehead atoms. The van der Waals surface area contributed by atoms with E-state index in [1.165, 1.54) is 12.1 Å². The third kappa shape index (κ3) is 2.44. The lowest BCUT2D eigenvalue weighted by atomic mass is 10.1. The van der Waals surface area contributed by atoms with Crippen LogP contribution in [0.3, 0.4) is 0 Å². The van der Waals surface area contributed by atoms with Crippen LogP contribution in [0.25, 0.3) is 11.4 Å². The van der Waals surface area contributed by atoms with Gasteiger partial charge in [-0.1, -0.05) is 11.2 Å². The number of ether oxygens (including phenoxy) is 1. The summed E-state index contributed by atoms with van der Waals surface area (Å²) >= 11 is 0. The zero-order valence-electron chi connectivity index (χ0n) is 13.6. The number of nitrogens with one attached hydrogen (secondary N) is 1. The van der Waals surface area contributed by atoms with Gasteiger partial charge in [-0.2, -0.15) is 0 Å². The number of rotatable bonds is 4. The van der Waals surface area contributed by atoms with Gasteiger partial charge in [-0.05, 0) is 30.3 Å². The molecule has 6 nitrogen and oxygen atoms in total. The number of aromatic nitrogens is 2. The van der Waals surface area contributed by atoms with Crippen molar-refractivity contribution in [3.63, 3.8) is 0 Å². The Bertz CT molecular complexity index is 989. The van der Waals surface area contributed by atoms with Crippen molar-refractivity contribution >= 4 is 5.91 Å². The summed E-state index contributed by atoms with van der Waals surface area (Å²) in [6, 6.07) is 11.7. The number of hydrogen-bond donors (Lipinski definition) is 1. The number of nitrogens with zero attached hydrogens (tertiary/aromatic N) is 2. The Kier molecular flexibility index (Phi) is 3.28. The van der Waals surface area contributed by atoms with E-state index in [0.717, 1.165) is 5.56 Å². The van der Waals surface area contributed by atoms with E-state index in [2.05, 4.69) is 15.5 Å². The average molecular weight is 351 g/mol. The van der Waals surface area contributed by atoms with Crippen LogP contribution < -0.4 is 10.1 Å². The molecule has 1 aliphatic carbocycles. The van der Waals surface area contributed by atoms with Crippen molar-refractivity contribution in [1.82, 2.24) is 15.5 Å². The molecule has 130 valence electrons. The minimum Gasteiger partial charge on any atom is -0.489 e. The van der Waals surface area contributed by atoms with Gasteiger partial charge in [0.2, 0.25) is 5.91 Å². The molecular weight excluding hydrogens is 337 g/mol. The molecule has 3 heterocycles. The van der Waals surface area contributed by atoms with Crippen LogP contribution in [0, 0.1) is 11.7 Å². The Morgan fingerprint density at radius 3 is 2.96 bits per heavy atom. The van der Waals surface area contributed by atoms with Crippen LogP contribution in [-0.4, -0.2) is 22.2 Å². The number of carbonyl (C=O) groups excluding carboxylic acids is 1. The van der Waals surface area contributed by atoms with Gasteiger partial charge in [-0.15, -0.1) is 0 Å². The Morgan fingerprint density at radius 1 is 1.19 bits per heavy atom. The average Bonchev–Trinajstić information content (AvgIpc) is 3.01. The molecule has 1 aliphatic heterocycles. The van der Waals surface area contributed by atoms with E-state index >= 15 is 0 Å². The molecule has 0 saturated heterocycles. The number of pyridine rings is 1. The maximum atomic E-state index is 13.4. The van der Waals surface area contributed by atoms with Crippen molar-refractivity contribution in [3.8, 4) is 17.1 Å². The topological polar surface area (TPSA) is 77.3 Å². The first-order valence-corrected chi connectivity index (χ1v) is 8.31. The Labute approximate surface area is 148 Å². The van der Waals surface area contributed by atoms with E-state index in [0.29, 0.717) is 22.9 Å². The third-order valence-corrected chi connectivity index (χ3v) is 4.77. The number of hydrogen-bond acceptors (Lipinski definition) is 5. The zero-order valence-corrected chi connectivity index (χ0v) is 13.6. The minimum atomic E-state index is -0.317. The number of carbonyl (C=O) groups is 1. The molecule has 26 heavy (non-hydrogen) atoms. The van der Waals surface area contributed by atoms with Gasteiger partial charge in [0.25, 0.3) is 0 Å². The number of amides is 1. The minimum absolute atomic E-state index is 0.0699. The molecule has 5 rings (SSSR count). The smallest absolute Gasteiger partial charge is 0.228 e. The van der Waals surface area contributed by atoms with Crippen molar-refractivity contribution in [2.24, 2.45) is 5.92 Å². The van der Waals surface area contributed by atoms with Gasteiger partial charge in [0.1, 0.15) is 23.4 Å². The first-order valence-electron chi connectivity index (χ1n) is 8.31. The number of fused-ring (bicyclic) bond motifs is 3. The van der Waals surface area contributed by atoms with Gasteiger partial charge in [-0.3, -0.25) is 9.78 Å². The fraction of sp³-hybridized carbons (Fsp3) is 0.211. The zero-order chi connectivity index (χ0) is 17.7. The summed E-state index contributed by atoms with van der Waals surface area (Å²) in [7, 11) is 0. The van der Waals surface area contributed by atoms with Gasteiger partial charge in [0, 0.05) is 23.7 Å². The van der Waals surface area contributed by atoms with Crippen LogP contribution in [0.15, 0.2) is 53.2 Å². The van der Waals surface area contributed by atoms with Crippen molar-refractivity contribution in [2.45, 2.75) is 18.6 Å². The number of benzene rings is 1. The van der Waals surface area contributed by atoms with Crippen LogP contribution in [0.5, 0.6) is 5.75 Å². The van der Waals surface area contributed by atoms with Gasteiger partial charge in [-0.25, -0.2) is 4.39 Å². The highest BCUT2D eigenvalue weighted by molar-refractivity contribution is 5.85. The first kappa shape index (κ1) is 15.1. The SMILES string of the molecule is O=C(NCc1cc(-c2ccccn2)no1)C1C2Oc3ccc(F)cc3C21. The fourth-order valence-electron chi connectivity index (χ4n) is 3.47. The van der Waals surface area contributed by atoms with Gasteiger partial charge < -0.3 is 14.6 Å². The van der Waals surface area contributed by atoms with Crippen LogP contribution in [0.2, 0.25) is 0 Å². The Balaban J connectivity index is 1.23. The van der Waals surface area contributed by atoms with Crippen molar-refractivity contribution in [3.05, 3.63) is 65.8 Å². The van der Waals surface area contributed by atoms with Crippen LogP contribution in [-0.2, 0) is 11.3 Å². The molecule has 1 aromatic carbocycles. The molecule has 7 heteroatoms. The molecule has 3 atom stereocenters. The molecule has 0 spiro atoms. The van der Waals surface area contributed by atoms with Crippen LogP contribution in [0.4, 0.5) is 4.39 Å². The summed E-state index contributed by atoms with van der Waals surface area (Å²) in [5, 5.41) is 6.80. The summed E-state index contributed by atoms with van der Waals surface area (Å²) in [6.45, 7) is 0.227. The Hall–Kier alpha value is -3.22. The molecule has 3 unspecified atom stereocenters. The van der Waals surface area contributed by atoms with Gasteiger partial charge >= 0.3 is 0 Å². The highest BCUT2D eigenvalue weighted by atomic mass is 19.1. The second-order valence-corrected chi connectivity index (χ2v) is 6.43. The lowest BCUT2D eigenvalue weighted by Gasteiger charge is -2.08. The summed E-state index contributed by atoms with van der Waals surface area (Å²) < 4.78 is 24.4. The highest BCUT2D eigenvalue weighted by Gasteiger charge is 2.62. The molecule has 1 saturated carbocycles. The fourth-order valence-corrected chi connectivity index (χ4v) is 3.47. The Morgan fingerprint density at radius 2 is 2.12 bits per heavy atom. The van der Waals surface area contributed by atoms with E-state index in [1.54, 1.807) is 18.3 Å². The molecule has 1 fully saturated rings. The normalized spacial score (nSPS) is 22.3. The predicted octanol–water partition coefficient (Wildman–Crippen LogP) is 2.67. The monoisotopic (exact) mass is 351 g/mol. The molecule has 2 aliphatic rings. The van der Waals surface area contributed by atoms with Crippen molar-refractivity contribution in [1.29, 1.82) is 0 Å². The molecule has 2 aromatic heterocycles. The van der Waals surface area contributed by atoms with Gasteiger partial charge in [0.05, 0.1) is 18.2 Å². The third-order valence-electron chi connectivity index (χ3n) is 4.77.